The van der Waals surface area contributed by atoms with E-state index in [-0.39, 0.29) is 6.10 Å². The normalized spacial score (nSPS) is 12.1. The topological polar surface area (TPSA) is 35.5 Å². The van der Waals surface area contributed by atoms with Crippen LogP contribution in [0.2, 0.25) is 0 Å². The molecule has 0 fully saturated rings. The summed E-state index contributed by atoms with van der Waals surface area (Å²) in [6, 6.07) is 7.23. The van der Waals surface area contributed by atoms with E-state index in [4.69, 9.17) is 9.47 Å². The molecule has 3 nitrogen and oxygen atoms in total. The Morgan fingerprint density at radius 3 is 2.75 bits per heavy atom. The molecule has 0 amide bonds. The third kappa shape index (κ3) is 3.66. The van der Waals surface area contributed by atoms with Crippen molar-refractivity contribution in [3.63, 3.8) is 0 Å². The summed E-state index contributed by atoms with van der Waals surface area (Å²) in [5.74, 6) is 0.642. The van der Waals surface area contributed by atoms with Crippen molar-refractivity contribution in [2.24, 2.45) is 0 Å². The Morgan fingerprint density at radius 2 is 2.12 bits per heavy atom. The van der Waals surface area contributed by atoms with Gasteiger partial charge in [-0.2, -0.15) is 0 Å². The van der Waals surface area contributed by atoms with Crippen molar-refractivity contribution in [3.05, 3.63) is 29.8 Å². The Hall–Kier alpha value is -1.35. The fourth-order valence-electron chi connectivity index (χ4n) is 1.50. The highest BCUT2D eigenvalue weighted by Gasteiger charge is 2.05. The van der Waals surface area contributed by atoms with Crippen LogP contribution in [-0.4, -0.2) is 26.1 Å². The summed E-state index contributed by atoms with van der Waals surface area (Å²) in [7, 11) is 1.70. The summed E-state index contributed by atoms with van der Waals surface area (Å²) in [6.07, 6.45) is 2.83. The number of ether oxygens (including phenoxy) is 2. The van der Waals surface area contributed by atoms with Gasteiger partial charge in [0.2, 0.25) is 0 Å². The molecular formula is C13H18O3. The largest absolute Gasteiger partial charge is 0.493 e. The summed E-state index contributed by atoms with van der Waals surface area (Å²) in [6.45, 7) is 2.64. The number of rotatable bonds is 7. The molecule has 1 unspecified atom stereocenters. The molecule has 3 heteroatoms. The van der Waals surface area contributed by atoms with E-state index in [1.54, 1.807) is 19.2 Å². The van der Waals surface area contributed by atoms with Crippen LogP contribution >= 0.6 is 0 Å². The van der Waals surface area contributed by atoms with Gasteiger partial charge in [0.25, 0.3) is 0 Å². The van der Waals surface area contributed by atoms with E-state index in [0.29, 0.717) is 17.9 Å². The molecular weight excluding hydrogens is 204 g/mol. The lowest BCUT2D eigenvalue weighted by Crippen LogP contribution is -2.13. The van der Waals surface area contributed by atoms with E-state index in [9.17, 15) is 4.79 Å². The Kier molecular flexibility index (Phi) is 5.57. The summed E-state index contributed by atoms with van der Waals surface area (Å²) >= 11 is 0. The molecule has 0 aromatic heterocycles. The quantitative estimate of drug-likeness (QED) is 0.665. The van der Waals surface area contributed by atoms with Crippen LogP contribution in [0, 0.1) is 0 Å². The van der Waals surface area contributed by atoms with Crippen molar-refractivity contribution < 1.29 is 14.3 Å². The second kappa shape index (κ2) is 7.01. The average Bonchev–Trinajstić information content (AvgIpc) is 2.35. The van der Waals surface area contributed by atoms with E-state index in [0.717, 1.165) is 19.1 Å². The molecule has 1 atom stereocenters. The molecule has 1 aromatic rings. The number of methoxy groups -OCH3 is 1. The summed E-state index contributed by atoms with van der Waals surface area (Å²) in [4.78, 5) is 10.7. The molecule has 0 aliphatic rings. The minimum Gasteiger partial charge on any atom is -0.493 e. The van der Waals surface area contributed by atoms with Crippen molar-refractivity contribution in [2.75, 3.05) is 13.7 Å². The molecule has 0 N–H and O–H groups in total. The molecule has 0 heterocycles. The van der Waals surface area contributed by atoms with Gasteiger partial charge in [-0.3, -0.25) is 4.79 Å². The summed E-state index contributed by atoms with van der Waals surface area (Å²) in [5, 5.41) is 0. The number of carbonyl (C=O) groups excluding carboxylic acids is 1. The van der Waals surface area contributed by atoms with Gasteiger partial charge < -0.3 is 9.47 Å². The number of carbonyl (C=O) groups is 1. The smallest absolute Gasteiger partial charge is 0.153 e. The first kappa shape index (κ1) is 12.7. The van der Waals surface area contributed by atoms with Crippen LogP contribution in [0.5, 0.6) is 5.75 Å². The van der Waals surface area contributed by atoms with Gasteiger partial charge in [-0.25, -0.2) is 0 Å². The molecule has 0 bridgehead atoms. The van der Waals surface area contributed by atoms with E-state index in [1.807, 2.05) is 12.1 Å². The van der Waals surface area contributed by atoms with Gasteiger partial charge in [-0.1, -0.05) is 19.1 Å². The van der Waals surface area contributed by atoms with Gasteiger partial charge >= 0.3 is 0 Å². The highest BCUT2D eigenvalue weighted by Crippen LogP contribution is 2.16. The summed E-state index contributed by atoms with van der Waals surface area (Å²) < 4.78 is 10.8. The fraction of sp³-hybridized carbons (Fsp3) is 0.462. The number of benzene rings is 1. The Bertz CT molecular complexity index is 319. The zero-order valence-corrected chi connectivity index (χ0v) is 9.81. The predicted molar refractivity (Wildman–Crippen MR) is 63.0 cm³/mol. The molecule has 88 valence electrons. The van der Waals surface area contributed by atoms with Crippen LogP contribution in [0.4, 0.5) is 0 Å². The predicted octanol–water partition coefficient (Wildman–Crippen LogP) is 2.69. The zero-order chi connectivity index (χ0) is 11.8. The third-order valence-electron chi connectivity index (χ3n) is 2.53. The molecule has 0 spiro atoms. The van der Waals surface area contributed by atoms with Gasteiger partial charge in [0.15, 0.2) is 6.29 Å². The minimum atomic E-state index is 0.225. The van der Waals surface area contributed by atoms with Crippen molar-refractivity contribution in [1.29, 1.82) is 0 Å². The monoisotopic (exact) mass is 222 g/mol. The van der Waals surface area contributed by atoms with Crippen molar-refractivity contribution in [3.8, 4) is 5.75 Å². The average molecular weight is 222 g/mol. The van der Waals surface area contributed by atoms with Crippen LogP contribution in [0.3, 0.4) is 0 Å². The lowest BCUT2D eigenvalue weighted by molar-refractivity contribution is 0.0782. The second-order valence-electron chi connectivity index (χ2n) is 3.56. The van der Waals surface area contributed by atoms with Crippen molar-refractivity contribution in [1.82, 2.24) is 0 Å². The SMILES string of the molecule is CCC(CCOc1ccccc1C=O)OC. The number of para-hydroxylation sites is 1. The standard InChI is InChI=1S/C13H18O3/c1-3-12(15-2)8-9-16-13-7-5-4-6-11(13)10-14/h4-7,10,12H,3,8-9H2,1-2H3. The molecule has 0 aliphatic heterocycles. The van der Waals surface area contributed by atoms with Crippen LogP contribution in [0.15, 0.2) is 24.3 Å². The van der Waals surface area contributed by atoms with Gasteiger partial charge in [0, 0.05) is 13.5 Å². The van der Waals surface area contributed by atoms with Crippen LogP contribution < -0.4 is 4.74 Å². The van der Waals surface area contributed by atoms with Gasteiger partial charge in [0.05, 0.1) is 18.3 Å². The number of hydrogen-bond acceptors (Lipinski definition) is 3. The van der Waals surface area contributed by atoms with Crippen molar-refractivity contribution >= 4 is 6.29 Å². The van der Waals surface area contributed by atoms with Gasteiger partial charge in [0.1, 0.15) is 5.75 Å². The maximum atomic E-state index is 10.7. The summed E-state index contributed by atoms with van der Waals surface area (Å²) in [5.41, 5.74) is 0.591. The maximum Gasteiger partial charge on any atom is 0.153 e. The molecule has 0 radical (unpaired) electrons. The van der Waals surface area contributed by atoms with Crippen LogP contribution in [0.25, 0.3) is 0 Å². The van der Waals surface area contributed by atoms with Gasteiger partial charge in [-0.15, -0.1) is 0 Å². The number of aldehydes is 1. The van der Waals surface area contributed by atoms with Crippen LogP contribution in [0.1, 0.15) is 30.1 Å². The Morgan fingerprint density at radius 1 is 1.38 bits per heavy atom. The highest BCUT2D eigenvalue weighted by atomic mass is 16.5. The molecule has 1 aromatic carbocycles. The van der Waals surface area contributed by atoms with Crippen LogP contribution in [-0.2, 0) is 4.74 Å². The third-order valence-corrected chi connectivity index (χ3v) is 2.53. The first-order chi connectivity index (χ1) is 7.81. The second-order valence-corrected chi connectivity index (χ2v) is 3.56. The van der Waals surface area contributed by atoms with E-state index in [1.165, 1.54) is 0 Å². The van der Waals surface area contributed by atoms with Gasteiger partial charge in [-0.05, 0) is 18.6 Å². The molecule has 1 rings (SSSR count). The molecule has 16 heavy (non-hydrogen) atoms. The first-order valence-corrected chi connectivity index (χ1v) is 5.51. The lowest BCUT2D eigenvalue weighted by Gasteiger charge is -2.14. The minimum absolute atomic E-state index is 0.225. The fourth-order valence-corrected chi connectivity index (χ4v) is 1.50. The zero-order valence-electron chi connectivity index (χ0n) is 9.81. The van der Waals surface area contributed by atoms with E-state index in [2.05, 4.69) is 6.92 Å². The first-order valence-electron chi connectivity index (χ1n) is 5.51. The number of hydrogen-bond donors (Lipinski definition) is 0. The molecule has 0 saturated carbocycles. The Labute approximate surface area is 96.4 Å². The van der Waals surface area contributed by atoms with E-state index < -0.39 is 0 Å². The van der Waals surface area contributed by atoms with E-state index >= 15 is 0 Å². The van der Waals surface area contributed by atoms with Crippen molar-refractivity contribution in [2.45, 2.75) is 25.9 Å². The Balaban J connectivity index is 2.45. The maximum absolute atomic E-state index is 10.7. The lowest BCUT2D eigenvalue weighted by atomic mass is 10.2. The molecule has 0 saturated heterocycles. The highest BCUT2D eigenvalue weighted by molar-refractivity contribution is 5.79. The molecule has 0 aliphatic carbocycles.